The lowest BCUT2D eigenvalue weighted by Crippen LogP contribution is -2.24. The predicted octanol–water partition coefficient (Wildman–Crippen LogP) is 1.08. The lowest BCUT2D eigenvalue weighted by Gasteiger charge is -2.05. The normalized spacial score (nSPS) is 9.81. The quantitative estimate of drug-likeness (QED) is 0.825. The number of amides is 1. The zero-order valence-electron chi connectivity index (χ0n) is 11.8. The van der Waals surface area contributed by atoms with Crippen LogP contribution in [0.2, 0.25) is 0 Å². The van der Waals surface area contributed by atoms with E-state index in [1.807, 2.05) is 17.8 Å². The number of carbonyl (C=O) groups excluding carboxylic acids is 1. The van der Waals surface area contributed by atoms with E-state index < -0.39 is 0 Å². The maximum absolute atomic E-state index is 12.0. The number of aromatic nitrogens is 2. The van der Waals surface area contributed by atoms with E-state index in [1.54, 1.807) is 30.5 Å². The molecule has 1 aromatic carbocycles. The van der Waals surface area contributed by atoms with Crippen molar-refractivity contribution in [3.63, 3.8) is 0 Å². The number of carbonyl (C=O) groups is 1. The van der Waals surface area contributed by atoms with Gasteiger partial charge in [0.1, 0.15) is 5.82 Å². The van der Waals surface area contributed by atoms with Crippen molar-refractivity contribution in [3.05, 3.63) is 53.6 Å². The van der Waals surface area contributed by atoms with Gasteiger partial charge in [-0.05, 0) is 24.3 Å². The molecule has 0 atom stereocenters. The Balaban J connectivity index is 1.94. The van der Waals surface area contributed by atoms with Crippen LogP contribution in [0.25, 0.3) is 0 Å². The molecule has 21 heavy (non-hydrogen) atoms. The summed E-state index contributed by atoms with van der Waals surface area (Å²) in [5.74, 6) is 6.41. The molecule has 2 N–H and O–H groups in total. The largest absolute Gasteiger partial charge is 0.395 e. The summed E-state index contributed by atoms with van der Waals surface area (Å²) in [5.41, 5.74) is 1.40. The molecule has 0 bridgehead atoms. The molecule has 108 valence electrons. The summed E-state index contributed by atoms with van der Waals surface area (Å²) in [4.78, 5) is 16.2. The first-order valence-electron chi connectivity index (χ1n) is 6.65. The number of aryl methyl sites for hydroxylation is 1. The molecule has 0 saturated carbocycles. The molecule has 0 aliphatic heterocycles. The summed E-state index contributed by atoms with van der Waals surface area (Å²) in [6, 6.07) is 7.05. The van der Waals surface area contributed by atoms with E-state index in [9.17, 15) is 4.79 Å². The summed E-state index contributed by atoms with van der Waals surface area (Å²) in [7, 11) is 1.88. The predicted molar refractivity (Wildman–Crippen MR) is 79.4 cm³/mol. The number of hydrogen-bond donors (Lipinski definition) is 2. The number of imidazole rings is 1. The van der Waals surface area contributed by atoms with Crippen molar-refractivity contribution < 1.29 is 9.90 Å². The van der Waals surface area contributed by atoms with Crippen LogP contribution >= 0.6 is 0 Å². The van der Waals surface area contributed by atoms with Crippen LogP contribution in [0.4, 0.5) is 0 Å². The zero-order valence-corrected chi connectivity index (χ0v) is 11.8. The summed E-state index contributed by atoms with van der Waals surface area (Å²) < 4.78 is 1.86. The van der Waals surface area contributed by atoms with E-state index >= 15 is 0 Å². The Kier molecular flexibility index (Phi) is 5.13. The standard InChI is InChI=1S/C16H17N3O2/c1-19-10-9-17-15(19)12-18-16(21)14-7-5-13(6-8-14)4-2-3-11-20/h5-10,20H,3,11-12H2,1H3,(H,18,21). The highest BCUT2D eigenvalue weighted by molar-refractivity contribution is 5.94. The third kappa shape index (κ3) is 4.20. The molecule has 0 saturated heterocycles. The average Bonchev–Trinajstić information content (AvgIpc) is 2.91. The second-order valence-corrected chi connectivity index (χ2v) is 4.49. The van der Waals surface area contributed by atoms with Crippen LogP contribution in [0.3, 0.4) is 0 Å². The second kappa shape index (κ2) is 7.27. The van der Waals surface area contributed by atoms with Crippen molar-refractivity contribution in [1.29, 1.82) is 0 Å². The number of benzene rings is 1. The minimum atomic E-state index is -0.145. The van der Waals surface area contributed by atoms with Crippen molar-refractivity contribution >= 4 is 5.91 Å². The third-order valence-electron chi connectivity index (χ3n) is 2.94. The van der Waals surface area contributed by atoms with Crippen molar-refractivity contribution in [2.24, 2.45) is 7.05 Å². The number of rotatable bonds is 4. The first-order chi connectivity index (χ1) is 10.2. The zero-order chi connectivity index (χ0) is 15.1. The minimum absolute atomic E-state index is 0.0562. The Morgan fingerprint density at radius 3 is 2.76 bits per heavy atom. The molecule has 0 aliphatic rings. The summed E-state index contributed by atoms with van der Waals surface area (Å²) in [6.07, 6.45) is 3.98. The molecule has 0 unspecified atom stereocenters. The summed E-state index contributed by atoms with van der Waals surface area (Å²) in [5, 5.41) is 11.5. The van der Waals surface area contributed by atoms with Crippen LogP contribution in [0, 0.1) is 11.8 Å². The second-order valence-electron chi connectivity index (χ2n) is 4.49. The highest BCUT2D eigenvalue weighted by Gasteiger charge is 2.06. The first kappa shape index (κ1) is 14.8. The SMILES string of the molecule is Cn1ccnc1CNC(=O)c1ccc(C#CCCO)cc1. The van der Waals surface area contributed by atoms with Crippen molar-refractivity contribution in [2.75, 3.05) is 6.61 Å². The maximum Gasteiger partial charge on any atom is 0.251 e. The molecule has 2 aromatic rings. The molecule has 0 aliphatic carbocycles. The van der Waals surface area contributed by atoms with Gasteiger partial charge in [0.05, 0.1) is 13.2 Å². The fourth-order valence-corrected chi connectivity index (χ4v) is 1.75. The fourth-order valence-electron chi connectivity index (χ4n) is 1.75. The molecule has 5 nitrogen and oxygen atoms in total. The Morgan fingerprint density at radius 2 is 2.14 bits per heavy atom. The molecule has 0 radical (unpaired) electrons. The Labute approximate surface area is 123 Å². The van der Waals surface area contributed by atoms with Gasteiger partial charge in [0.15, 0.2) is 0 Å². The van der Waals surface area contributed by atoms with Crippen LogP contribution < -0.4 is 5.32 Å². The number of hydrogen-bond acceptors (Lipinski definition) is 3. The van der Waals surface area contributed by atoms with E-state index in [1.165, 1.54) is 0 Å². The molecule has 0 spiro atoms. The van der Waals surface area contributed by atoms with Gasteiger partial charge in [-0.1, -0.05) is 11.8 Å². The molecule has 1 aromatic heterocycles. The highest BCUT2D eigenvalue weighted by atomic mass is 16.2. The molecule has 2 rings (SSSR count). The molecule has 1 heterocycles. The highest BCUT2D eigenvalue weighted by Crippen LogP contribution is 2.04. The molecule has 1 amide bonds. The average molecular weight is 283 g/mol. The van der Waals surface area contributed by atoms with Crippen LogP contribution in [0.5, 0.6) is 0 Å². The van der Waals surface area contributed by atoms with Gasteiger partial charge in [-0.15, -0.1) is 0 Å². The summed E-state index contributed by atoms with van der Waals surface area (Å²) >= 11 is 0. The van der Waals surface area contributed by atoms with E-state index in [2.05, 4.69) is 22.1 Å². The number of nitrogens with zero attached hydrogens (tertiary/aromatic N) is 2. The monoisotopic (exact) mass is 283 g/mol. The number of aliphatic hydroxyl groups is 1. The maximum atomic E-state index is 12.0. The Hall–Kier alpha value is -2.58. The van der Waals surface area contributed by atoms with Gasteiger partial charge >= 0.3 is 0 Å². The van der Waals surface area contributed by atoms with Crippen molar-refractivity contribution in [2.45, 2.75) is 13.0 Å². The van der Waals surface area contributed by atoms with Crippen molar-refractivity contribution in [1.82, 2.24) is 14.9 Å². The summed E-state index contributed by atoms with van der Waals surface area (Å²) in [6.45, 7) is 0.446. The lowest BCUT2D eigenvalue weighted by atomic mass is 10.1. The molecular formula is C16H17N3O2. The minimum Gasteiger partial charge on any atom is -0.395 e. The molecule has 0 fully saturated rings. The van der Waals surface area contributed by atoms with E-state index in [4.69, 9.17) is 5.11 Å². The van der Waals surface area contributed by atoms with Crippen LogP contribution in [0.15, 0.2) is 36.7 Å². The Bertz CT molecular complexity index is 663. The molecule has 5 heteroatoms. The van der Waals surface area contributed by atoms with Crippen LogP contribution in [0.1, 0.15) is 28.2 Å². The third-order valence-corrected chi connectivity index (χ3v) is 2.94. The van der Waals surface area contributed by atoms with Crippen LogP contribution in [-0.2, 0) is 13.6 Å². The van der Waals surface area contributed by atoms with Gasteiger partial charge < -0.3 is 15.0 Å². The number of nitrogens with one attached hydrogen (secondary N) is 1. The van der Waals surface area contributed by atoms with E-state index in [-0.39, 0.29) is 12.5 Å². The van der Waals surface area contributed by atoms with Gasteiger partial charge in [0.25, 0.3) is 5.91 Å². The van der Waals surface area contributed by atoms with Crippen molar-refractivity contribution in [3.8, 4) is 11.8 Å². The van der Waals surface area contributed by atoms with Gasteiger partial charge in [0, 0.05) is 37.0 Å². The van der Waals surface area contributed by atoms with E-state index in [0.717, 1.165) is 11.4 Å². The Morgan fingerprint density at radius 1 is 1.38 bits per heavy atom. The number of aliphatic hydroxyl groups excluding tert-OH is 1. The fraction of sp³-hybridized carbons (Fsp3) is 0.250. The van der Waals surface area contributed by atoms with Gasteiger partial charge in [-0.25, -0.2) is 4.98 Å². The lowest BCUT2D eigenvalue weighted by molar-refractivity contribution is 0.0949. The first-order valence-corrected chi connectivity index (χ1v) is 6.65. The molecular weight excluding hydrogens is 266 g/mol. The van der Waals surface area contributed by atoms with Gasteiger partial charge in [-0.2, -0.15) is 0 Å². The van der Waals surface area contributed by atoms with Gasteiger partial charge in [0.2, 0.25) is 0 Å². The van der Waals surface area contributed by atoms with E-state index in [0.29, 0.717) is 18.5 Å². The smallest absolute Gasteiger partial charge is 0.251 e. The van der Waals surface area contributed by atoms with Gasteiger partial charge in [-0.3, -0.25) is 4.79 Å². The topological polar surface area (TPSA) is 67.2 Å². The van der Waals surface area contributed by atoms with Crippen LogP contribution in [-0.4, -0.2) is 27.2 Å².